The number of hydrogen-bond acceptors (Lipinski definition) is 3. The molecule has 3 heteroatoms. The van der Waals surface area contributed by atoms with E-state index >= 15 is 0 Å². The normalized spacial score (nSPS) is 24.1. The van der Waals surface area contributed by atoms with Gasteiger partial charge in [-0.1, -0.05) is 0 Å². The number of aryl methyl sites for hydroxylation is 1. The fourth-order valence-electron chi connectivity index (χ4n) is 2.60. The van der Waals surface area contributed by atoms with Gasteiger partial charge in [0.15, 0.2) is 0 Å². The van der Waals surface area contributed by atoms with E-state index in [-0.39, 0.29) is 0 Å². The van der Waals surface area contributed by atoms with Gasteiger partial charge in [-0.2, -0.15) is 0 Å². The molecule has 0 aromatic carbocycles. The van der Waals surface area contributed by atoms with Crippen LogP contribution in [-0.4, -0.2) is 24.1 Å². The first-order chi connectivity index (χ1) is 7.43. The summed E-state index contributed by atoms with van der Waals surface area (Å²) >= 11 is 0. The molecule has 1 atom stereocenters. The first-order valence-corrected chi connectivity index (χ1v) is 5.87. The van der Waals surface area contributed by atoms with Crippen molar-refractivity contribution in [2.75, 3.05) is 18.4 Å². The van der Waals surface area contributed by atoms with Crippen molar-refractivity contribution < 1.29 is 0 Å². The SMILES string of the molecule is c1cc(NC2CCNC2)c2c(n1)CCC2. The molecule has 3 rings (SSSR count). The molecular formula is C12H17N3. The summed E-state index contributed by atoms with van der Waals surface area (Å²) in [6, 6.07) is 2.74. The Morgan fingerprint density at radius 3 is 3.27 bits per heavy atom. The maximum atomic E-state index is 4.44. The van der Waals surface area contributed by atoms with Gasteiger partial charge in [-0.25, -0.2) is 0 Å². The smallest absolute Gasteiger partial charge is 0.0456 e. The molecule has 0 spiro atoms. The second kappa shape index (κ2) is 3.81. The number of nitrogens with one attached hydrogen (secondary N) is 2. The van der Waals surface area contributed by atoms with Gasteiger partial charge in [0.2, 0.25) is 0 Å². The van der Waals surface area contributed by atoms with Crippen molar-refractivity contribution in [1.82, 2.24) is 10.3 Å². The minimum atomic E-state index is 0.608. The number of pyridine rings is 1. The van der Waals surface area contributed by atoms with E-state index in [0.29, 0.717) is 6.04 Å². The third-order valence-corrected chi connectivity index (χ3v) is 3.41. The lowest BCUT2D eigenvalue weighted by Crippen LogP contribution is -2.22. The zero-order valence-corrected chi connectivity index (χ0v) is 8.92. The minimum absolute atomic E-state index is 0.608. The molecule has 1 saturated heterocycles. The predicted molar refractivity (Wildman–Crippen MR) is 61.2 cm³/mol. The number of hydrogen-bond donors (Lipinski definition) is 2. The summed E-state index contributed by atoms with van der Waals surface area (Å²) in [5.41, 5.74) is 4.10. The molecule has 15 heavy (non-hydrogen) atoms. The van der Waals surface area contributed by atoms with Crippen LogP contribution in [0.5, 0.6) is 0 Å². The summed E-state index contributed by atoms with van der Waals surface area (Å²) in [5.74, 6) is 0. The highest BCUT2D eigenvalue weighted by Crippen LogP contribution is 2.27. The average Bonchev–Trinajstić information content (AvgIpc) is 2.87. The first-order valence-electron chi connectivity index (χ1n) is 5.87. The van der Waals surface area contributed by atoms with E-state index in [1.165, 1.54) is 36.2 Å². The Bertz CT molecular complexity index is 356. The molecular weight excluding hydrogens is 186 g/mol. The number of aromatic nitrogens is 1. The van der Waals surface area contributed by atoms with E-state index in [4.69, 9.17) is 0 Å². The predicted octanol–water partition coefficient (Wildman–Crippen LogP) is 1.34. The Kier molecular flexibility index (Phi) is 2.33. The van der Waals surface area contributed by atoms with Crippen LogP contribution in [0.15, 0.2) is 12.3 Å². The van der Waals surface area contributed by atoms with Crippen molar-refractivity contribution in [3.8, 4) is 0 Å². The van der Waals surface area contributed by atoms with E-state index < -0.39 is 0 Å². The lowest BCUT2D eigenvalue weighted by molar-refractivity contribution is 0.790. The monoisotopic (exact) mass is 203 g/mol. The molecule has 2 heterocycles. The molecule has 1 aromatic heterocycles. The highest BCUT2D eigenvalue weighted by molar-refractivity contribution is 5.54. The highest BCUT2D eigenvalue weighted by Gasteiger charge is 2.19. The van der Waals surface area contributed by atoms with Crippen molar-refractivity contribution >= 4 is 5.69 Å². The maximum absolute atomic E-state index is 4.44. The second-order valence-electron chi connectivity index (χ2n) is 4.47. The molecule has 0 radical (unpaired) electrons. The van der Waals surface area contributed by atoms with Crippen LogP contribution in [0, 0.1) is 0 Å². The van der Waals surface area contributed by atoms with Crippen molar-refractivity contribution in [3.63, 3.8) is 0 Å². The van der Waals surface area contributed by atoms with Crippen LogP contribution in [0.4, 0.5) is 5.69 Å². The third-order valence-electron chi connectivity index (χ3n) is 3.41. The van der Waals surface area contributed by atoms with E-state index in [2.05, 4.69) is 21.7 Å². The van der Waals surface area contributed by atoms with Crippen molar-refractivity contribution in [1.29, 1.82) is 0 Å². The van der Waals surface area contributed by atoms with Gasteiger partial charge in [-0.15, -0.1) is 0 Å². The van der Waals surface area contributed by atoms with E-state index in [9.17, 15) is 0 Å². The molecule has 0 amide bonds. The summed E-state index contributed by atoms with van der Waals surface area (Å²) in [6.07, 6.45) is 6.80. The van der Waals surface area contributed by atoms with Gasteiger partial charge in [0, 0.05) is 30.2 Å². The van der Waals surface area contributed by atoms with Crippen LogP contribution >= 0.6 is 0 Å². The molecule has 1 aliphatic heterocycles. The Hall–Kier alpha value is -1.09. The fraction of sp³-hybridized carbons (Fsp3) is 0.583. The minimum Gasteiger partial charge on any atom is -0.381 e. The molecule has 3 nitrogen and oxygen atoms in total. The Labute approximate surface area is 90.3 Å². The summed E-state index contributed by atoms with van der Waals surface area (Å²) in [5, 5.41) is 7.02. The topological polar surface area (TPSA) is 37.0 Å². The van der Waals surface area contributed by atoms with Crippen LogP contribution in [0.25, 0.3) is 0 Å². The maximum Gasteiger partial charge on any atom is 0.0456 e. The quantitative estimate of drug-likeness (QED) is 0.761. The van der Waals surface area contributed by atoms with Gasteiger partial charge in [0.25, 0.3) is 0 Å². The third kappa shape index (κ3) is 1.72. The Morgan fingerprint density at radius 1 is 1.40 bits per heavy atom. The molecule has 2 aliphatic rings. The second-order valence-corrected chi connectivity index (χ2v) is 4.47. The van der Waals surface area contributed by atoms with Crippen LogP contribution in [0.1, 0.15) is 24.1 Å². The van der Waals surface area contributed by atoms with Crippen molar-refractivity contribution in [2.45, 2.75) is 31.7 Å². The van der Waals surface area contributed by atoms with Gasteiger partial charge in [0.05, 0.1) is 0 Å². The number of anilines is 1. The van der Waals surface area contributed by atoms with Crippen molar-refractivity contribution in [2.24, 2.45) is 0 Å². The summed E-state index contributed by atoms with van der Waals surface area (Å²) in [7, 11) is 0. The standard InChI is InChI=1S/C12H17N3/c1-2-10-11(3-1)14-7-5-12(10)15-9-4-6-13-8-9/h5,7,9,13H,1-4,6,8H2,(H,14,15). The number of rotatable bonds is 2. The Balaban J connectivity index is 1.82. The van der Waals surface area contributed by atoms with Gasteiger partial charge >= 0.3 is 0 Å². The van der Waals surface area contributed by atoms with Crippen LogP contribution in [0.3, 0.4) is 0 Å². The highest BCUT2D eigenvalue weighted by atomic mass is 15.0. The molecule has 0 saturated carbocycles. The average molecular weight is 203 g/mol. The summed E-state index contributed by atoms with van der Waals surface area (Å²) < 4.78 is 0. The molecule has 1 aromatic rings. The van der Waals surface area contributed by atoms with E-state index in [1.807, 2.05) is 6.20 Å². The largest absolute Gasteiger partial charge is 0.381 e. The lowest BCUT2D eigenvalue weighted by Gasteiger charge is -2.15. The molecule has 80 valence electrons. The summed E-state index contributed by atoms with van der Waals surface area (Å²) in [6.45, 7) is 2.24. The Morgan fingerprint density at radius 2 is 2.40 bits per heavy atom. The fourth-order valence-corrected chi connectivity index (χ4v) is 2.60. The molecule has 0 bridgehead atoms. The van der Waals surface area contributed by atoms with Gasteiger partial charge < -0.3 is 10.6 Å². The molecule has 1 unspecified atom stereocenters. The molecule has 1 aliphatic carbocycles. The van der Waals surface area contributed by atoms with E-state index in [1.54, 1.807) is 0 Å². The number of nitrogens with zero attached hydrogens (tertiary/aromatic N) is 1. The zero-order valence-electron chi connectivity index (χ0n) is 8.92. The summed E-state index contributed by atoms with van der Waals surface area (Å²) in [4.78, 5) is 4.44. The van der Waals surface area contributed by atoms with E-state index in [0.717, 1.165) is 19.5 Å². The lowest BCUT2D eigenvalue weighted by atomic mass is 10.1. The number of fused-ring (bicyclic) bond motifs is 1. The molecule has 2 N–H and O–H groups in total. The van der Waals surface area contributed by atoms with Crippen molar-refractivity contribution in [3.05, 3.63) is 23.5 Å². The van der Waals surface area contributed by atoms with Gasteiger partial charge in [0.1, 0.15) is 0 Å². The van der Waals surface area contributed by atoms with Crippen LogP contribution in [0.2, 0.25) is 0 Å². The van der Waals surface area contributed by atoms with Crippen LogP contribution < -0.4 is 10.6 Å². The first kappa shape index (κ1) is 9.16. The van der Waals surface area contributed by atoms with Gasteiger partial charge in [-0.05, 0) is 43.9 Å². The molecule has 1 fully saturated rings. The van der Waals surface area contributed by atoms with Gasteiger partial charge in [-0.3, -0.25) is 4.98 Å². The van der Waals surface area contributed by atoms with Crippen LogP contribution in [-0.2, 0) is 12.8 Å². The zero-order chi connectivity index (χ0) is 10.1.